The Bertz CT molecular complexity index is 1230. The van der Waals surface area contributed by atoms with E-state index in [2.05, 4.69) is 22.2 Å². The molecule has 8 heteroatoms. The van der Waals surface area contributed by atoms with Gasteiger partial charge in [0.05, 0.1) is 12.8 Å². The van der Waals surface area contributed by atoms with Crippen molar-refractivity contribution in [2.45, 2.75) is 13.5 Å². The molecule has 0 bridgehead atoms. The number of carbonyl (C=O) groups excluding carboxylic acids is 2. The van der Waals surface area contributed by atoms with Crippen molar-refractivity contribution in [2.75, 3.05) is 50.6 Å². The smallest absolute Gasteiger partial charge is 0.404 e. The Hall–Kier alpha value is -4.04. The fraction of sp³-hybridized carbons (Fsp3) is 0.286. The first-order chi connectivity index (χ1) is 17.3. The van der Waals surface area contributed by atoms with Crippen LogP contribution < -0.4 is 20.7 Å². The predicted molar refractivity (Wildman–Crippen MR) is 142 cm³/mol. The Balaban J connectivity index is 1.46. The molecule has 0 aliphatic carbocycles. The summed E-state index contributed by atoms with van der Waals surface area (Å²) in [6.45, 7) is 5.91. The Morgan fingerprint density at radius 1 is 0.972 bits per heavy atom. The van der Waals surface area contributed by atoms with Crippen LogP contribution in [0.2, 0.25) is 0 Å². The molecule has 0 spiro atoms. The number of carbonyl (C=O) groups is 2. The van der Waals surface area contributed by atoms with Crippen molar-refractivity contribution in [3.8, 4) is 16.9 Å². The first-order valence-corrected chi connectivity index (χ1v) is 11.9. The standard InChI is InChI=1S/C28H32N4O4/c1-19-16-20(18-36-28(29)34)4-10-24(19)21-5-7-22(8-6-21)27(33)30-23-9-11-26(35-3)25(17-23)32-14-12-31(2)13-15-32/h4-11,16-17H,12-15,18H2,1-3H3,(H2,29,34)(H,30,33). The van der Waals surface area contributed by atoms with E-state index in [0.29, 0.717) is 5.56 Å². The number of nitrogens with two attached hydrogens (primary N) is 1. The highest BCUT2D eigenvalue weighted by atomic mass is 16.5. The average molecular weight is 489 g/mol. The van der Waals surface area contributed by atoms with Crippen molar-refractivity contribution in [1.29, 1.82) is 0 Å². The SMILES string of the molecule is COc1ccc(NC(=O)c2ccc(-c3ccc(COC(N)=O)cc3C)cc2)cc1N1CCN(C)CC1. The molecule has 4 rings (SSSR count). The van der Waals surface area contributed by atoms with E-state index in [1.165, 1.54) is 0 Å². The minimum atomic E-state index is -0.796. The molecule has 1 saturated heterocycles. The molecular formula is C28H32N4O4. The van der Waals surface area contributed by atoms with Gasteiger partial charge in [-0.05, 0) is 66.6 Å². The van der Waals surface area contributed by atoms with Crippen molar-refractivity contribution in [3.63, 3.8) is 0 Å². The average Bonchev–Trinajstić information content (AvgIpc) is 2.88. The van der Waals surface area contributed by atoms with Crippen molar-refractivity contribution >= 4 is 23.4 Å². The van der Waals surface area contributed by atoms with E-state index in [0.717, 1.165) is 65.6 Å². The lowest BCUT2D eigenvalue weighted by molar-refractivity contribution is 0.102. The van der Waals surface area contributed by atoms with E-state index < -0.39 is 6.09 Å². The number of aryl methyl sites for hydroxylation is 1. The molecule has 3 N–H and O–H groups in total. The van der Waals surface area contributed by atoms with E-state index in [1.54, 1.807) is 7.11 Å². The number of hydrogen-bond donors (Lipinski definition) is 2. The molecule has 188 valence electrons. The monoisotopic (exact) mass is 488 g/mol. The van der Waals surface area contributed by atoms with Crippen LogP contribution in [0.25, 0.3) is 11.1 Å². The quantitative estimate of drug-likeness (QED) is 0.516. The molecule has 0 atom stereocenters. The zero-order chi connectivity index (χ0) is 25.7. The summed E-state index contributed by atoms with van der Waals surface area (Å²) in [6.07, 6.45) is -0.796. The molecule has 3 aromatic rings. The van der Waals surface area contributed by atoms with Gasteiger partial charge in [0.25, 0.3) is 5.91 Å². The molecular weight excluding hydrogens is 456 g/mol. The van der Waals surface area contributed by atoms with E-state index >= 15 is 0 Å². The predicted octanol–water partition coefficient (Wildman–Crippen LogP) is 4.27. The maximum Gasteiger partial charge on any atom is 0.404 e. The second-order valence-electron chi connectivity index (χ2n) is 8.97. The fourth-order valence-corrected chi connectivity index (χ4v) is 4.36. The largest absolute Gasteiger partial charge is 0.495 e. The minimum Gasteiger partial charge on any atom is -0.495 e. The van der Waals surface area contributed by atoms with E-state index in [9.17, 15) is 9.59 Å². The fourth-order valence-electron chi connectivity index (χ4n) is 4.36. The van der Waals surface area contributed by atoms with Crippen LogP contribution in [-0.4, -0.2) is 57.2 Å². The van der Waals surface area contributed by atoms with Crippen LogP contribution in [-0.2, 0) is 11.3 Å². The van der Waals surface area contributed by atoms with Gasteiger partial charge < -0.3 is 30.3 Å². The van der Waals surface area contributed by atoms with Gasteiger partial charge in [0, 0.05) is 37.4 Å². The number of primary amides is 1. The van der Waals surface area contributed by atoms with Gasteiger partial charge in [-0.1, -0.05) is 30.3 Å². The normalized spacial score (nSPS) is 13.8. The minimum absolute atomic E-state index is 0.136. The van der Waals surface area contributed by atoms with Crippen molar-refractivity contribution in [3.05, 3.63) is 77.4 Å². The van der Waals surface area contributed by atoms with Crippen LogP contribution in [0.3, 0.4) is 0 Å². The zero-order valence-electron chi connectivity index (χ0n) is 20.9. The summed E-state index contributed by atoms with van der Waals surface area (Å²) in [7, 11) is 3.78. The highest BCUT2D eigenvalue weighted by Crippen LogP contribution is 2.32. The lowest BCUT2D eigenvalue weighted by atomic mass is 9.97. The molecule has 1 aliphatic heterocycles. The number of amides is 2. The summed E-state index contributed by atoms with van der Waals surface area (Å²) in [6, 6.07) is 19.1. The number of ether oxygens (including phenoxy) is 2. The summed E-state index contributed by atoms with van der Waals surface area (Å²) < 4.78 is 10.4. The van der Waals surface area contributed by atoms with Gasteiger partial charge >= 0.3 is 6.09 Å². The topological polar surface area (TPSA) is 97.1 Å². The van der Waals surface area contributed by atoms with Gasteiger partial charge in [0.1, 0.15) is 12.4 Å². The van der Waals surface area contributed by atoms with Gasteiger partial charge in [-0.3, -0.25) is 4.79 Å². The van der Waals surface area contributed by atoms with Gasteiger partial charge in [0.15, 0.2) is 0 Å². The van der Waals surface area contributed by atoms with Gasteiger partial charge in [0.2, 0.25) is 0 Å². The zero-order valence-corrected chi connectivity index (χ0v) is 20.9. The summed E-state index contributed by atoms with van der Waals surface area (Å²) in [5, 5.41) is 3.02. The second kappa shape index (κ2) is 11.1. The molecule has 0 saturated carbocycles. The third-order valence-electron chi connectivity index (χ3n) is 6.41. The van der Waals surface area contributed by atoms with Crippen molar-refractivity contribution in [2.24, 2.45) is 5.73 Å². The van der Waals surface area contributed by atoms with E-state index in [1.807, 2.05) is 67.6 Å². The van der Waals surface area contributed by atoms with E-state index in [-0.39, 0.29) is 12.5 Å². The van der Waals surface area contributed by atoms with Crippen molar-refractivity contribution < 1.29 is 19.1 Å². The highest BCUT2D eigenvalue weighted by molar-refractivity contribution is 6.04. The number of hydrogen-bond acceptors (Lipinski definition) is 6. The van der Waals surface area contributed by atoms with Crippen LogP contribution in [0.15, 0.2) is 60.7 Å². The van der Waals surface area contributed by atoms with Crippen LogP contribution in [0, 0.1) is 6.92 Å². The number of piperazine rings is 1. The lowest BCUT2D eigenvalue weighted by Crippen LogP contribution is -2.44. The van der Waals surface area contributed by atoms with Crippen LogP contribution in [0.4, 0.5) is 16.2 Å². The molecule has 1 fully saturated rings. The Morgan fingerprint density at radius 2 is 1.69 bits per heavy atom. The number of rotatable bonds is 7. The Kier molecular flexibility index (Phi) is 7.75. The number of likely N-dealkylation sites (N-methyl/N-ethyl adjacent to an activating group) is 1. The summed E-state index contributed by atoms with van der Waals surface area (Å²) in [5.41, 5.74) is 11.3. The molecule has 0 unspecified atom stereocenters. The lowest BCUT2D eigenvalue weighted by Gasteiger charge is -2.34. The molecule has 1 aliphatic rings. The maximum absolute atomic E-state index is 13.0. The first-order valence-electron chi connectivity index (χ1n) is 11.9. The second-order valence-corrected chi connectivity index (χ2v) is 8.97. The van der Waals surface area contributed by atoms with Gasteiger partial charge in [-0.2, -0.15) is 0 Å². The molecule has 0 aromatic heterocycles. The number of anilines is 2. The number of benzene rings is 3. The van der Waals surface area contributed by atoms with Gasteiger partial charge in [-0.25, -0.2) is 4.79 Å². The molecule has 0 radical (unpaired) electrons. The number of methoxy groups -OCH3 is 1. The molecule has 2 amide bonds. The number of nitrogens with zero attached hydrogens (tertiary/aromatic N) is 2. The Labute approximate surface area is 211 Å². The van der Waals surface area contributed by atoms with Crippen LogP contribution in [0.5, 0.6) is 5.75 Å². The molecule has 8 nitrogen and oxygen atoms in total. The third-order valence-corrected chi connectivity index (χ3v) is 6.41. The number of nitrogens with one attached hydrogen (secondary N) is 1. The third kappa shape index (κ3) is 5.95. The summed E-state index contributed by atoms with van der Waals surface area (Å²) >= 11 is 0. The molecule has 3 aromatic carbocycles. The van der Waals surface area contributed by atoms with Crippen LogP contribution in [0.1, 0.15) is 21.5 Å². The maximum atomic E-state index is 13.0. The first kappa shape index (κ1) is 25.1. The highest BCUT2D eigenvalue weighted by Gasteiger charge is 2.19. The van der Waals surface area contributed by atoms with E-state index in [4.69, 9.17) is 15.2 Å². The van der Waals surface area contributed by atoms with Crippen LogP contribution >= 0.6 is 0 Å². The summed E-state index contributed by atoms with van der Waals surface area (Å²) in [5.74, 6) is 0.621. The summed E-state index contributed by atoms with van der Waals surface area (Å²) in [4.78, 5) is 28.4. The van der Waals surface area contributed by atoms with Gasteiger partial charge in [-0.15, -0.1) is 0 Å². The Morgan fingerprint density at radius 3 is 2.33 bits per heavy atom. The van der Waals surface area contributed by atoms with Crippen molar-refractivity contribution in [1.82, 2.24) is 4.90 Å². The molecule has 36 heavy (non-hydrogen) atoms. The molecule has 1 heterocycles.